The van der Waals surface area contributed by atoms with Gasteiger partial charge >= 0.3 is 0 Å². The molecule has 1 heterocycles. The van der Waals surface area contributed by atoms with Crippen LogP contribution in [0, 0.1) is 5.82 Å². The van der Waals surface area contributed by atoms with Gasteiger partial charge in [-0.2, -0.15) is 0 Å². The number of aromatic nitrogens is 1. The van der Waals surface area contributed by atoms with E-state index in [9.17, 15) is 13.9 Å². The molecule has 0 saturated heterocycles. The molecule has 0 aliphatic carbocycles. The van der Waals surface area contributed by atoms with Crippen molar-refractivity contribution in [3.63, 3.8) is 0 Å². The summed E-state index contributed by atoms with van der Waals surface area (Å²) < 4.78 is 25.2. The minimum absolute atomic E-state index is 0.114. The van der Waals surface area contributed by atoms with Crippen molar-refractivity contribution >= 4 is 19.0 Å². The van der Waals surface area contributed by atoms with E-state index in [0.29, 0.717) is 25.0 Å². The number of aryl methyl sites for hydroxylation is 1. The number of nitrogens with zero attached hydrogens (tertiary/aromatic N) is 1. The Morgan fingerprint density at radius 2 is 1.74 bits per heavy atom. The molecule has 0 aliphatic heterocycles. The predicted molar refractivity (Wildman–Crippen MR) is 134 cm³/mol. The number of benzene rings is 1. The SMILES string of the molecule is C=C(O)c1ncc(Cc2ccc(F)cc2)cc1CCCF.C=O.CCN.CNCCN.NC=O. The molecule has 8 N–H and O–H groups in total. The number of carbonyl (C=O) groups is 2. The molecule has 0 aliphatic rings. The fourth-order valence-corrected chi connectivity index (χ4v) is 2.35. The number of alkyl halides is 1. The Kier molecular flexibility index (Phi) is 27.1. The molecule has 1 amide bonds. The van der Waals surface area contributed by atoms with E-state index in [1.165, 1.54) is 12.1 Å². The summed E-state index contributed by atoms with van der Waals surface area (Å²) in [5.41, 5.74) is 17.2. The molecule has 0 fully saturated rings. The van der Waals surface area contributed by atoms with Gasteiger partial charge < -0.3 is 32.4 Å². The molecule has 8 nitrogen and oxygen atoms in total. The van der Waals surface area contributed by atoms with Gasteiger partial charge in [0.15, 0.2) is 0 Å². The number of rotatable bonds is 8. The van der Waals surface area contributed by atoms with E-state index in [4.69, 9.17) is 21.1 Å². The number of halogens is 2. The lowest BCUT2D eigenvalue weighted by molar-refractivity contribution is -0.107. The van der Waals surface area contributed by atoms with Crippen molar-refractivity contribution in [2.45, 2.75) is 26.2 Å². The van der Waals surface area contributed by atoms with Crippen LogP contribution in [0.3, 0.4) is 0 Å². The molecular weight excluding hydrogens is 444 g/mol. The number of hydrogen-bond donors (Lipinski definition) is 5. The summed E-state index contributed by atoms with van der Waals surface area (Å²) in [6, 6.07) is 8.15. The molecule has 10 heteroatoms. The molecule has 2 aromatic rings. The molecule has 0 unspecified atom stereocenters. The van der Waals surface area contributed by atoms with Gasteiger partial charge in [0.05, 0.1) is 6.67 Å². The lowest BCUT2D eigenvalue weighted by Gasteiger charge is -2.10. The minimum Gasteiger partial charge on any atom is -0.506 e. The number of primary amides is 1. The number of nitrogens with two attached hydrogens (primary N) is 3. The Morgan fingerprint density at radius 3 is 2.12 bits per heavy atom. The highest BCUT2D eigenvalue weighted by atomic mass is 19.1. The Labute approximate surface area is 201 Å². The van der Waals surface area contributed by atoms with Gasteiger partial charge in [0.2, 0.25) is 6.41 Å². The Morgan fingerprint density at radius 1 is 1.21 bits per heavy atom. The van der Waals surface area contributed by atoms with Gasteiger partial charge in [0.25, 0.3) is 0 Å². The lowest BCUT2D eigenvalue weighted by Crippen LogP contribution is -2.17. The van der Waals surface area contributed by atoms with Gasteiger partial charge in [-0.25, -0.2) is 4.39 Å². The number of amides is 1. The molecule has 0 atom stereocenters. The highest BCUT2D eigenvalue weighted by Gasteiger charge is 2.09. The molecule has 192 valence electrons. The molecule has 0 radical (unpaired) electrons. The van der Waals surface area contributed by atoms with E-state index in [1.54, 1.807) is 18.3 Å². The first-order valence-corrected chi connectivity index (χ1v) is 10.5. The molecule has 34 heavy (non-hydrogen) atoms. The molecular formula is C24H39F2N5O3. The van der Waals surface area contributed by atoms with Gasteiger partial charge in [-0.15, -0.1) is 0 Å². The van der Waals surface area contributed by atoms with Crippen LogP contribution in [0.25, 0.3) is 5.76 Å². The van der Waals surface area contributed by atoms with Crippen molar-refractivity contribution in [1.82, 2.24) is 10.3 Å². The molecule has 0 saturated carbocycles. The highest BCUT2D eigenvalue weighted by molar-refractivity contribution is 5.56. The molecule has 1 aromatic heterocycles. The third-order valence-corrected chi connectivity index (χ3v) is 3.59. The third kappa shape index (κ3) is 19.5. The van der Waals surface area contributed by atoms with Crippen molar-refractivity contribution in [2.75, 3.05) is 33.4 Å². The van der Waals surface area contributed by atoms with Crippen molar-refractivity contribution in [3.8, 4) is 0 Å². The Balaban J connectivity index is -0.000000617. The van der Waals surface area contributed by atoms with E-state index in [1.807, 2.05) is 26.8 Å². The van der Waals surface area contributed by atoms with Gasteiger partial charge in [0.1, 0.15) is 24.1 Å². The first-order valence-electron chi connectivity index (χ1n) is 10.5. The van der Waals surface area contributed by atoms with Crippen molar-refractivity contribution in [3.05, 3.63) is 71.3 Å². The van der Waals surface area contributed by atoms with Crippen LogP contribution in [0.1, 0.15) is 35.7 Å². The highest BCUT2D eigenvalue weighted by Crippen LogP contribution is 2.19. The van der Waals surface area contributed by atoms with Crippen LogP contribution < -0.4 is 22.5 Å². The van der Waals surface area contributed by atoms with Crippen LogP contribution in [-0.4, -0.2) is 56.6 Å². The number of likely N-dealkylation sites (N-methyl/N-ethyl adjacent to an activating group) is 1. The number of nitrogens with one attached hydrogen (secondary N) is 1. The van der Waals surface area contributed by atoms with Crippen molar-refractivity contribution < 1.29 is 23.5 Å². The van der Waals surface area contributed by atoms with Gasteiger partial charge in [-0.05, 0) is 61.7 Å². The molecule has 2 rings (SSSR count). The van der Waals surface area contributed by atoms with E-state index in [-0.39, 0.29) is 18.0 Å². The second-order valence-electron chi connectivity index (χ2n) is 6.33. The van der Waals surface area contributed by atoms with Crippen LogP contribution in [-0.2, 0) is 22.4 Å². The van der Waals surface area contributed by atoms with Gasteiger partial charge in [-0.1, -0.05) is 31.7 Å². The number of aliphatic hydroxyl groups is 1. The summed E-state index contributed by atoms with van der Waals surface area (Å²) in [5.74, 6) is -0.385. The van der Waals surface area contributed by atoms with Crippen LogP contribution >= 0.6 is 0 Å². The van der Waals surface area contributed by atoms with Crippen LogP contribution in [0.5, 0.6) is 0 Å². The summed E-state index contributed by atoms with van der Waals surface area (Å²) in [6.45, 7) is 9.36. The predicted octanol–water partition coefficient (Wildman–Crippen LogP) is 2.29. The molecule has 0 bridgehead atoms. The zero-order valence-electron chi connectivity index (χ0n) is 20.1. The average molecular weight is 484 g/mol. The molecule has 0 spiro atoms. The quantitative estimate of drug-likeness (QED) is 0.285. The first kappa shape index (κ1) is 35.4. The number of aliphatic hydroxyl groups excluding tert-OH is 1. The average Bonchev–Trinajstić information content (AvgIpc) is 2.82. The zero-order valence-corrected chi connectivity index (χ0v) is 20.1. The molecule has 1 aromatic carbocycles. The second kappa shape index (κ2) is 26.0. The van der Waals surface area contributed by atoms with Crippen LogP contribution in [0.2, 0.25) is 0 Å². The standard InChI is InChI=1S/C17H17F2NO.C3H10N2.C2H7N.CH3NO.CH2O/c1-12(21)17-15(3-2-8-18)10-14(11-20-17)9-13-4-6-16(19)7-5-13;1-5-3-2-4;1-2-3;2-1-3;1-2/h4-7,10-11,21H,1-3,8-9H2;5H,2-4H2,1H3;2-3H2,1H3;1H,(H2,2,3);1H2. The largest absolute Gasteiger partial charge is 0.506 e. The first-order chi connectivity index (χ1) is 16.3. The Bertz CT molecular complexity index is 761. The number of hydrogen-bond acceptors (Lipinski definition) is 7. The van der Waals surface area contributed by atoms with Crippen molar-refractivity contribution in [2.24, 2.45) is 17.2 Å². The normalized spacial score (nSPS) is 8.76. The fourth-order valence-electron chi connectivity index (χ4n) is 2.35. The summed E-state index contributed by atoms with van der Waals surface area (Å²) in [6.07, 6.45) is 3.38. The minimum atomic E-state index is -0.417. The van der Waals surface area contributed by atoms with Crippen molar-refractivity contribution in [1.29, 1.82) is 0 Å². The summed E-state index contributed by atoms with van der Waals surface area (Å²) in [4.78, 5) is 20.8. The van der Waals surface area contributed by atoms with E-state index < -0.39 is 6.67 Å². The maximum atomic E-state index is 12.9. The lowest BCUT2D eigenvalue weighted by atomic mass is 10.0. The van der Waals surface area contributed by atoms with Crippen LogP contribution in [0.15, 0.2) is 43.1 Å². The maximum Gasteiger partial charge on any atom is 0.204 e. The van der Waals surface area contributed by atoms with E-state index >= 15 is 0 Å². The zero-order chi connectivity index (χ0) is 26.8. The second-order valence-corrected chi connectivity index (χ2v) is 6.33. The Hall–Kier alpha value is -3.21. The smallest absolute Gasteiger partial charge is 0.204 e. The summed E-state index contributed by atoms with van der Waals surface area (Å²) in [5, 5.41) is 12.4. The summed E-state index contributed by atoms with van der Waals surface area (Å²) in [7, 11) is 1.88. The maximum absolute atomic E-state index is 12.9. The van der Waals surface area contributed by atoms with Gasteiger partial charge in [0, 0.05) is 19.3 Å². The third-order valence-electron chi connectivity index (χ3n) is 3.59. The monoisotopic (exact) mass is 483 g/mol. The van der Waals surface area contributed by atoms with Crippen LogP contribution in [0.4, 0.5) is 8.78 Å². The number of pyridine rings is 1. The van der Waals surface area contributed by atoms with E-state index in [2.05, 4.69) is 22.6 Å². The number of carbonyl (C=O) groups excluding carboxylic acids is 2. The van der Waals surface area contributed by atoms with E-state index in [0.717, 1.165) is 36.3 Å². The topological polar surface area (TPSA) is 157 Å². The fraction of sp³-hybridized carbons (Fsp3) is 0.375. The van der Waals surface area contributed by atoms with Gasteiger partial charge in [-0.3, -0.25) is 14.2 Å². The summed E-state index contributed by atoms with van der Waals surface area (Å²) >= 11 is 0.